The van der Waals surface area contributed by atoms with E-state index >= 15 is 0 Å². The standard InChI is InChI=1S/C22H25N3O/c1-3-24-12-14-25(15-13-24)22-19-10-5-4-8-17(19)20(16-23-22)18-9-6-7-11-21(18)26-2/h4-11,16H,3,12-15H2,1-2H3. The normalized spacial score (nSPS) is 15.4. The largest absolute Gasteiger partial charge is 0.496 e. The Bertz CT molecular complexity index is 901. The van der Waals surface area contributed by atoms with Gasteiger partial charge in [0.05, 0.1) is 7.11 Å². The average molecular weight is 347 g/mol. The number of fused-ring (bicyclic) bond motifs is 1. The first-order valence-corrected chi connectivity index (χ1v) is 9.30. The van der Waals surface area contributed by atoms with Gasteiger partial charge in [-0.2, -0.15) is 0 Å². The molecule has 0 N–H and O–H groups in total. The first-order chi connectivity index (χ1) is 12.8. The zero-order valence-corrected chi connectivity index (χ0v) is 15.5. The van der Waals surface area contributed by atoms with Gasteiger partial charge in [0, 0.05) is 48.9 Å². The zero-order chi connectivity index (χ0) is 17.9. The van der Waals surface area contributed by atoms with E-state index in [1.165, 1.54) is 10.8 Å². The maximum Gasteiger partial charge on any atom is 0.136 e. The molecule has 4 rings (SSSR count). The number of nitrogens with zero attached hydrogens (tertiary/aromatic N) is 3. The summed E-state index contributed by atoms with van der Waals surface area (Å²) in [4.78, 5) is 9.79. The number of para-hydroxylation sites is 1. The summed E-state index contributed by atoms with van der Waals surface area (Å²) in [6.07, 6.45) is 2.00. The second kappa shape index (κ2) is 7.34. The van der Waals surface area contributed by atoms with Crippen molar-refractivity contribution >= 4 is 16.6 Å². The van der Waals surface area contributed by atoms with Gasteiger partial charge in [-0.25, -0.2) is 4.98 Å². The molecule has 0 amide bonds. The molecule has 0 atom stereocenters. The predicted molar refractivity (Wildman–Crippen MR) is 108 cm³/mol. The average Bonchev–Trinajstić information content (AvgIpc) is 2.73. The summed E-state index contributed by atoms with van der Waals surface area (Å²) >= 11 is 0. The van der Waals surface area contributed by atoms with Crippen molar-refractivity contribution in [3.63, 3.8) is 0 Å². The van der Waals surface area contributed by atoms with Crippen LogP contribution >= 0.6 is 0 Å². The van der Waals surface area contributed by atoms with E-state index in [0.717, 1.165) is 55.4 Å². The zero-order valence-electron chi connectivity index (χ0n) is 15.5. The van der Waals surface area contributed by atoms with Crippen LogP contribution in [0.3, 0.4) is 0 Å². The van der Waals surface area contributed by atoms with Gasteiger partial charge in [-0.3, -0.25) is 0 Å². The lowest BCUT2D eigenvalue weighted by molar-refractivity contribution is 0.271. The van der Waals surface area contributed by atoms with Crippen molar-refractivity contribution in [2.75, 3.05) is 44.7 Å². The van der Waals surface area contributed by atoms with Gasteiger partial charge in [0.2, 0.25) is 0 Å². The molecule has 2 heterocycles. The van der Waals surface area contributed by atoms with E-state index in [-0.39, 0.29) is 0 Å². The van der Waals surface area contributed by atoms with Crippen molar-refractivity contribution in [1.29, 1.82) is 0 Å². The number of likely N-dealkylation sites (N-methyl/N-ethyl adjacent to an activating group) is 1. The van der Waals surface area contributed by atoms with Crippen molar-refractivity contribution in [3.8, 4) is 16.9 Å². The molecule has 0 radical (unpaired) electrons. The van der Waals surface area contributed by atoms with Crippen LogP contribution in [0.2, 0.25) is 0 Å². The molecule has 1 aliphatic heterocycles. The third-order valence-corrected chi connectivity index (χ3v) is 5.29. The van der Waals surface area contributed by atoms with Crippen LogP contribution in [0.5, 0.6) is 5.75 Å². The molecule has 1 fully saturated rings. The Hall–Kier alpha value is -2.59. The van der Waals surface area contributed by atoms with Gasteiger partial charge in [-0.1, -0.05) is 49.4 Å². The number of rotatable bonds is 4. The van der Waals surface area contributed by atoms with Gasteiger partial charge in [0.1, 0.15) is 11.6 Å². The summed E-state index contributed by atoms with van der Waals surface area (Å²) in [6, 6.07) is 16.7. The predicted octanol–water partition coefficient (Wildman–Crippen LogP) is 4.05. The molecule has 1 aliphatic rings. The Kier molecular flexibility index (Phi) is 4.76. The van der Waals surface area contributed by atoms with Gasteiger partial charge < -0.3 is 14.5 Å². The van der Waals surface area contributed by atoms with Gasteiger partial charge in [0.15, 0.2) is 0 Å². The van der Waals surface area contributed by atoms with Crippen molar-refractivity contribution in [3.05, 3.63) is 54.7 Å². The van der Waals surface area contributed by atoms with Crippen LogP contribution in [0.25, 0.3) is 21.9 Å². The number of piperazine rings is 1. The topological polar surface area (TPSA) is 28.6 Å². The summed E-state index contributed by atoms with van der Waals surface area (Å²) in [5.41, 5.74) is 2.20. The van der Waals surface area contributed by atoms with E-state index in [1.54, 1.807) is 7.11 Å². The molecular weight excluding hydrogens is 322 g/mol. The highest BCUT2D eigenvalue weighted by atomic mass is 16.5. The van der Waals surface area contributed by atoms with Gasteiger partial charge in [0.25, 0.3) is 0 Å². The molecule has 0 aliphatic carbocycles. The molecule has 0 spiro atoms. The highest BCUT2D eigenvalue weighted by Crippen LogP contribution is 2.37. The Morgan fingerprint density at radius 1 is 0.885 bits per heavy atom. The van der Waals surface area contributed by atoms with Gasteiger partial charge in [-0.15, -0.1) is 0 Å². The number of pyridine rings is 1. The fourth-order valence-electron chi connectivity index (χ4n) is 3.79. The quantitative estimate of drug-likeness (QED) is 0.712. The van der Waals surface area contributed by atoms with Crippen LogP contribution in [0, 0.1) is 0 Å². The second-order valence-corrected chi connectivity index (χ2v) is 6.66. The SMILES string of the molecule is CCN1CCN(c2ncc(-c3ccccc3OC)c3ccccc23)CC1. The number of benzene rings is 2. The molecule has 134 valence electrons. The van der Waals surface area contributed by atoms with Crippen molar-refractivity contribution in [1.82, 2.24) is 9.88 Å². The first-order valence-electron chi connectivity index (χ1n) is 9.30. The molecular formula is C22H25N3O. The lowest BCUT2D eigenvalue weighted by atomic mass is 9.99. The number of hydrogen-bond acceptors (Lipinski definition) is 4. The first kappa shape index (κ1) is 16.9. The van der Waals surface area contributed by atoms with Gasteiger partial charge >= 0.3 is 0 Å². The molecule has 26 heavy (non-hydrogen) atoms. The summed E-state index contributed by atoms with van der Waals surface area (Å²) < 4.78 is 5.58. The van der Waals surface area contributed by atoms with E-state index in [2.05, 4.69) is 47.1 Å². The number of methoxy groups -OCH3 is 1. The molecule has 3 aromatic rings. The minimum Gasteiger partial charge on any atom is -0.496 e. The molecule has 4 nitrogen and oxygen atoms in total. The number of aromatic nitrogens is 1. The van der Waals surface area contributed by atoms with E-state index in [0.29, 0.717) is 0 Å². The number of hydrogen-bond donors (Lipinski definition) is 0. The van der Waals surface area contributed by atoms with Crippen LogP contribution in [0.4, 0.5) is 5.82 Å². The van der Waals surface area contributed by atoms with Crippen LogP contribution in [-0.4, -0.2) is 49.7 Å². The van der Waals surface area contributed by atoms with Crippen LogP contribution in [0.1, 0.15) is 6.92 Å². The van der Waals surface area contributed by atoms with Crippen LogP contribution < -0.4 is 9.64 Å². The Labute approximate surface area is 155 Å². The van der Waals surface area contributed by atoms with E-state index < -0.39 is 0 Å². The summed E-state index contributed by atoms with van der Waals surface area (Å²) in [6.45, 7) is 7.60. The van der Waals surface area contributed by atoms with Crippen LogP contribution in [-0.2, 0) is 0 Å². The lowest BCUT2D eigenvalue weighted by Gasteiger charge is -2.35. The van der Waals surface area contributed by atoms with Crippen molar-refractivity contribution in [2.24, 2.45) is 0 Å². The Morgan fingerprint density at radius 2 is 1.58 bits per heavy atom. The summed E-state index contributed by atoms with van der Waals surface area (Å²) in [5.74, 6) is 1.97. The molecule has 0 unspecified atom stereocenters. The highest BCUT2D eigenvalue weighted by molar-refractivity contribution is 6.02. The lowest BCUT2D eigenvalue weighted by Crippen LogP contribution is -2.46. The smallest absolute Gasteiger partial charge is 0.136 e. The third-order valence-electron chi connectivity index (χ3n) is 5.29. The maximum atomic E-state index is 5.58. The molecule has 1 saturated heterocycles. The molecule has 4 heteroatoms. The third kappa shape index (κ3) is 3.01. The summed E-state index contributed by atoms with van der Waals surface area (Å²) in [7, 11) is 1.72. The fourth-order valence-corrected chi connectivity index (χ4v) is 3.79. The Morgan fingerprint density at radius 3 is 2.31 bits per heavy atom. The summed E-state index contributed by atoms with van der Waals surface area (Å²) in [5, 5.41) is 2.43. The maximum absolute atomic E-state index is 5.58. The minimum atomic E-state index is 0.878. The van der Waals surface area contributed by atoms with Crippen molar-refractivity contribution < 1.29 is 4.74 Å². The number of ether oxygens (including phenoxy) is 1. The van der Waals surface area contributed by atoms with Crippen molar-refractivity contribution in [2.45, 2.75) is 6.92 Å². The van der Waals surface area contributed by atoms with Crippen LogP contribution in [0.15, 0.2) is 54.7 Å². The van der Waals surface area contributed by atoms with Gasteiger partial charge in [-0.05, 0) is 18.0 Å². The number of anilines is 1. The molecule has 0 bridgehead atoms. The molecule has 0 saturated carbocycles. The van der Waals surface area contributed by atoms with E-state index in [4.69, 9.17) is 9.72 Å². The minimum absolute atomic E-state index is 0.878. The molecule has 1 aromatic heterocycles. The molecule has 2 aromatic carbocycles. The van der Waals surface area contributed by atoms with E-state index in [9.17, 15) is 0 Å². The van der Waals surface area contributed by atoms with E-state index in [1.807, 2.05) is 24.4 Å². The monoisotopic (exact) mass is 347 g/mol. The fraction of sp³-hybridized carbons (Fsp3) is 0.318. The second-order valence-electron chi connectivity index (χ2n) is 6.66. The highest BCUT2D eigenvalue weighted by Gasteiger charge is 2.20. The Balaban J connectivity index is 1.79.